The summed E-state index contributed by atoms with van der Waals surface area (Å²) in [5, 5.41) is 10.7. The lowest BCUT2D eigenvalue weighted by Gasteiger charge is -2.32. The zero-order valence-electron chi connectivity index (χ0n) is 14.0. The quantitative estimate of drug-likeness (QED) is 0.762. The van der Waals surface area contributed by atoms with E-state index in [4.69, 9.17) is 4.98 Å². The Morgan fingerprint density at radius 3 is 2.32 bits per heavy atom. The van der Waals surface area contributed by atoms with Crippen LogP contribution >= 0.6 is 0 Å². The molecule has 0 bridgehead atoms. The minimum absolute atomic E-state index is 0.367. The van der Waals surface area contributed by atoms with E-state index in [0.29, 0.717) is 10.9 Å². The molecule has 1 aromatic heterocycles. The van der Waals surface area contributed by atoms with Crippen molar-refractivity contribution in [2.75, 3.05) is 18.0 Å². The van der Waals surface area contributed by atoms with E-state index in [1.807, 2.05) is 54.6 Å². The molecule has 1 fully saturated rings. The van der Waals surface area contributed by atoms with Crippen molar-refractivity contribution >= 4 is 22.6 Å². The summed E-state index contributed by atoms with van der Waals surface area (Å²) in [5.74, 6) is -0.892. The van der Waals surface area contributed by atoms with E-state index >= 15 is 0 Å². The van der Waals surface area contributed by atoms with Gasteiger partial charge in [-0.15, -0.1) is 0 Å². The van der Waals surface area contributed by atoms with Crippen molar-refractivity contribution in [3.05, 3.63) is 60.2 Å². The Balaban J connectivity index is 2.06. The molecule has 0 amide bonds. The van der Waals surface area contributed by atoms with Gasteiger partial charge in [0.2, 0.25) is 0 Å². The Kier molecular flexibility index (Phi) is 4.10. The molecule has 0 unspecified atom stereocenters. The predicted octanol–water partition coefficient (Wildman–Crippen LogP) is 4.59. The van der Waals surface area contributed by atoms with Gasteiger partial charge in [0.25, 0.3) is 0 Å². The molecule has 126 valence electrons. The number of hydrogen-bond acceptors (Lipinski definition) is 3. The zero-order chi connectivity index (χ0) is 17.2. The number of hydrogen-bond donors (Lipinski definition) is 1. The minimum atomic E-state index is -0.892. The Morgan fingerprint density at radius 2 is 1.60 bits per heavy atom. The number of carboxylic acid groups (broad SMARTS) is 1. The highest BCUT2D eigenvalue weighted by molar-refractivity contribution is 6.10. The largest absolute Gasteiger partial charge is 0.478 e. The summed E-state index contributed by atoms with van der Waals surface area (Å²) in [4.78, 5) is 19.3. The topological polar surface area (TPSA) is 53.4 Å². The van der Waals surface area contributed by atoms with Gasteiger partial charge in [0.15, 0.2) is 0 Å². The minimum Gasteiger partial charge on any atom is -0.478 e. The third kappa shape index (κ3) is 2.84. The van der Waals surface area contributed by atoms with Crippen LogP contribution in [-0.2, 0) is 0 Å². The SMILES string of the molecule is O=C(O)c1c(N2CCCCC2)c(-c2ccccc2)nc2ccccc12. The molecule has 4 heteroatoms. The Hall–Kier alpha value is -2.88. The van der Waals surface area contributed by atoms with Crippen molar-refractivity contribution in [1.82, 2.24) is 4.98 Å². The molecule has 2 heterocycles. The molecule has 1 aliphatic rings. The number of carbonyl (C=O) groups is 1. The highest BCUT2D eigenvalue weighted by Crippen LogP contribution is 2.38. The van der Waals surface area contributed by atoms with Gasteiger partial charge in [0.1, 0.15) is 0 Å². The van der Waals surface area contributed by atoms with Crippen LogP contribution in [0.5, 0.6) is 0 Å². The smallest absolute Gasteiger partial charge is 0.338 e. The predicted molar refractivity (Wildman–Crippen MR) is 100 cm³/mol. The summed E-state index contributed by atoms with van der Waals surface area (Å²) in [7, 11) is 0. The van der Waals surface area contributed by atoms with E-state index in [0.717, 1.165) is 48.4 Å². The molecule has 4 nitrogen and oxygen atoms in total. The fraction of sp³-hybridized carbons (Fsp3) is 0.238. The van der Waals surface area contributed by atoms with Gasteiger partial charge in [0, 0.05) is 24.0 Å². The van der Waals surface area contributed by atoms with Gasteiger partial charge >= 0.3 is 5.97 Å². The molecule has 2 aromatic carbocycles. The number of fused-ring (bicyclic) bond motifs is 1. The monoisotopic (exact) mass is 332 g/mol. The lowest BCUT2D eigenvalue weighted by Crippen LogP contribution is -2.31. The summed E-state index contributed by atoms with van der Waals surface area (Å²) < 4.78 is 0. The molecular weight excluding hydrogens is 312 g/mol. The average Bonchev–Trinajstić information content (AvgIpc) is 2.67. The molecule has 0 spiro atoms. The number of para-hydroxylation sites is 1. The second-order valence-corrected chi connectivity index (χ2v) is 6.42. The van der Waals surface area contributed by atoms with E-state index in [-0.39, 0.29) is 0 Å². The van der Waals surface area contributed by atoms with Crippen LogP contribution in [0.15, 0.2) is 54.6 Å². The second kappa shape index (κ2) is 6.55. The number of anilines is 1. The number of aromatic nitrogens is 1. The zero-order valence-corrected chi connectivity index (χ0v) is 14.0. The first kappa shape index (κ1) is 15.6. The third-order valence-electron chi connectivity index (χ3n) is 4.80. The molecule has 4 rings (SSSR count). The van der Waals surface area contributed by atoms with E-state index in [1.54, 1.807) is 0 Å². The molecule has 1 saturated heterocycles. The lowest BCUT2D eigenvalue weighted by molar-refractivity contribution is 0.0699. The maximum absolute atomic E-state index is 12.2. The number of pyridine rings is 1. The normalized spacial score (nSPS) is 14.6. The summed E-state index contributed by atoms with van der Waals surface area (Å²) in [6.07, 6.45) is 3.36. The van der Waals surface area contributed by atoms with Crippen molar-refractivity contribution in [3.8, 4) is 11.3 Å². The van der Waals surface area contributed by atoms with Crippen LogP contribution in [0.3, 0.4) is 0 Å². The molecular formula is C21H20N2O2. The van der Waals surface area contributed by atoms with Gasteiger partial charge in [-0.2, -0.15) is 0 Å². The summed E-state index contributed by atoms with van der Waals surface area (Å²) in [6, 6.07) is 17.4. The number of benzene rings is 2. The molecule has 0 atom stereocenters. The molecule has 3 aromatic rings. The standard InChI is InChI=1S/C21H20N2O2/c24-21(25)18-16-11-5-6-12-17(16)22-19(15-9-3-1-4-10-15)20(18)23-13-7-2-8-14-23/h1,3-6,9-12H,2,7-8,13-14H2,(H,24,25). The first-order valence-corrected chi connectivity index (χ1v) is 8.72. The summed E-state index contributed by atoms with van der Waals surface area (Å²) in [5.41, 5.74) is 3.57. The summed E-state index contributed by atoms with van der Waals surface area (Å²) in [6.45, 7) is 1.75. The van der Waals surface area contributed by atoms with E-state index in [1.165, 1.54) is 6.42 Å². The fourth-order valence-corrected chi connectivity index (χ4v) is 3.64. The van der Waals surface area contributed by atoms with Gasteiger partial charge in [-0.3, -0.25) is 0 Å². The first-order valence-electron chi connectivity index (χ1n) is 8.72. The van der Waals surface area contributed by atoms with Gasteiger partial charge in [-0.25, -0.2) is 9.78 Å². The van der Waals surface area contributed by atoms with E-state index in [9.17, 15) is 9.90 Å². The lowest BCUT2D eigenvalue weighted by atomic mass is 9.98. The van der Waals surface area contributed by atoms with Gasteiger partial charge in [-0.1, -0.05) is 48.5 Å². The number of piperidine rings is 1. The van der Waals surface area contributed by atoms with Crippen LogP contribution in [0, 0.1) is 0 Å². The van der Waals surface area contributed by atoms with Crippen molar-refractivity contribution in [2.45, 2.75) is 19.3 Å². The maximum Gasteiger partial charge on any atom is 0.338 e. The van der Waals surface area contributed by atoms with Crippen LogP contribution in [0.4, 0.5) is 5.69 Å². The van der Waals surface area contributed by atoms with Crippen LogP contribution in [0.25, 0.3) is 22.2 Å². The number of carboxylic acids is 1. The number of aromatic carboxylic acids is 1. The highest BCUT2D eigenvalue weighted by Gasteiger charge is 2.26. The van der Waals surface area contributed by atoms with Crippen molar-refractivity contribution in [1.29, 1.82) is 0 Å². The molecule has 1 aliphatic heterocycles. The highest BCUT2D eigenvalue weighted by atomic mass is 16.4. The maximum atomic E-state index is 12.2. The third-order valence-corrected chi connectivity index (χ3v) is 4.80. The molecule has 0 saturated carbocycles. The van der Waals surface area contributed by atoms with E-state index < -0.39 is 5.97 Å². The Bertz CT molecular complexity index is 916. The fourth-order valence-electron chi connectivity index (χ4n) is 3.64. The van der Waals surface area contributed by atoms with Gasteiger partial charge < -0.3 is 10.0 Å². The first-order chi connectivity index (χ1) is 12.3. The Morgan fingerprint density at radius 1 is 0.920 bits per heavy atom. The van der Waals surface area contributed by atoms with Crippen LogP contribution in [-0.4, -0.2) is 29.1 Å². The second-order valence-electron chi connectivity index (χ2n) is 6.42. The van der Waals surface area contributed by atoms with Gasteiger partial charge in [0.05, 0.1) is 22.5 Å². The van der Waals surface area contributed by atoms with Crippen molar-refractivity contribution in [2.24, 2.45) is 0 Å². The van der Waals surface area contributed by atoms with Crippen LogP contribution in [0.2, 0.25) is 0 Å². The number of rotatable bonds is 3. The average molecular weight is 332 g/mol. The Labute approximate surface area is 146 Å². The van der Waals surface area contributed by atoms with Crippen molar-refractivity contribution in [3.63, 3.8) is 0 Å². The summed E-state index contributed by atoms with van der Waals surface area (Å²) >= 11 is 0. The van der Waals surface area contributed by atoms with Gasteiger partial charge in [-0.05, 0) is 25.3 Å². The molecule has 0 aliphatic carbocycles. The van der Waals surface area contributed by atoms with E-state index in [2.05, 4.69) is 4.90 Å². The molecule has 25 heavy (non-hydrogen) atoms. The number of nitrogens with zero attached hydrogens (tertiary/aromatic N) is 2. The van der Waals surface area contributed by atoms with Crippen LogP contribution < -0.4 is 4.90 Å². The van der Waals surface area contributed by atoms with Crippen LogP contribution in [0.1, 0.15) is 29.6 Å². The molecule has 0 radical (unpaired) electrons. The van der Waals surface area contributed by atoms with Crippen molar-refractivity contribution < 1.29 is 9.90 Å². The molecule has 1 N–H and O–H groups in total.